The minimum absolute atomic E-state index is 0.0457. The van der Waals surface area contributed by atoms with E-state index in [-0.39, 0.29) is 24.1 Å². The molecule has 2 aliphatic rings. The minimum Gasteiger partial charge on any atom is -0.492 e. The molecule has 8 heteroatoms. The summed E-state index contributed by atoms with van der Waals surface area (Å²) in [6.45, 7) is 6.29. The summed E-state index contributed by atoms with van der Waals surface area (Å²) in [6, 6.07) is 13.1. The van der Waals surface area contributed by atoms with E-state index < -0.39 is 6.10 Å². The number of hydrogen-bond acceptors (Lipinski definition) is 7. The van der Waals surface area contributed by atoms with Crippen molar-refractivity contribution < 1.29 is 27.9 Å². The van der Waals surface area contributed by atoms with Crippen molar-refractivity contribution in [1.29, 1.82) is 0 Å². The zero-order chi connectivity index (χ0) is 27.3. The molecule has 2 atom stereocenters. The fraction of sp³-hybridized carbons (Fsp3) is 0.323. The standard InChI is InChI=1S/C31H29FN2O5/c1-16-11-19(31-33-18(3)39-34-31)12-17(2)29(16)23-7-9-25(32)30-24(23)8-10-26(30)38-21-5-6-22-20(13-28(35)36-4)15-37-27(22)14-21/h5-7,9,11-12,14,20,26H,8,10,13,15H2,1-4H3/t20?,26-/m1/s1. The summed E-state index contributed by atoms with van der Waals surface area (Å²) >= 11 is 0. The molecule has 0 saturated carbocycles. The molecule has 2 heterocycles. The summed E-state index contributed by atoms with van der Waals surface area (Å²) in [4.78, 5) is 16.1. The molecule has 0 saturated heterocycles. The van der Waals surface area contributed by atoms with Gasteiger partial charge in [0.1, 0.15) is 23.4 Å². The van der Waals surface area contributed by atoms with Gasteiger partial charge in [-0.05, 0) is 78.8 Å². The number of hydrogen-bond donors (Lipinski definition) is 0. The van der Waals surface area contributed by atoms with E-state index in [1.54, 1.807) is 6.92 Å². The summed E-state index contributed by atoms with van der Waals surface area (Å²) in [7, 11) is 1.38. The number of carbonyl (C=O) groups excluding carboxylic acids is 1. The third-order valence-electron chi connectivity index (χ3n) is 7.65. The average molecular weight is 529 g/mol. The van der Waals surface area contributed by atoms with E-state index in [1.165, 1.54) is 13.2 Å². The van der Waals surface area contributed by atoms with Gasteiger partial charge in [-0.25, -0.2) is 4.39 Å². The zero-order valence-corrected chi connectivity index (χ0v) is 22.3. The number of carbonyl (C=O) groups is 1. The summed E-state index contributed by atoms with van der Waals surface area (Å²) in [6.07, 6.45) is 1.24. The smallest absolute Gasteiger partial charge is 0.306 e. The Kier molecular flexibility index (Phi) is 6.33. The van der Waals surface area contributed by atoms with Crippen LogP contribution in [0.4, 0.5) is 4.39 Å². The second-order valence-corrected chi connectivity index (χ2v) is 10.2. The summed E-state index contributed by atoms with van der Waals surface area (Å²) in [5.74, 6) is 1.80. The molecule has 0 amide bonds. The lowest BCUT2D eigenvalue weighted by molar-refractivity contribution is -0.141. The molecule has 3 aromatic carbocycles. The molecule has 1 aliphatic heterocycles. The maximum atomic E-state index is 15.3. The van der Waals surface area contributed by atoms with Gasteiger partial charge >= 0.3 is 5.97 Å². The molecule has 4 aromatic rings. The molecule has 0 bridgehead atoms. The molecule has 0 radical (unpaired) electrons. The third kappa shape index (κ3) is 4.54. The number of esters is 1. The Balaban J connectivity index is 1.29. The third-order valence-corrected chi connectivity index (χ3v) is 7.65. The van der Waals surface area contributed by atoms with Gasteiger partial charge in [-0.2, -0.15) is 4.98 Å². The number of benzene rings is 3. The topological polar surface area (TPSA) is 83.7 Å². The van der Waals surface area contributed by atoms with Crippen LogP contribution in [0.2, 0.25) is 0 Å². The highest BCUT2D eigenvalue weighted by Gasteiger charge is 2.32. The maximum Gasteiger partial charge on any atom is 0.306 e. The molecule has 0 fully saturated rings. The van der Waals surface area contributed by atoms with E-state index in [0.717, 1.165) is 38.9 Å². The van der Waals surface area contributed by atoms with Crippen molar-refractivity contribution in [3.05, 3.63) is 82.0 Å². The van der Waals surface area contributed by atoms with Gasteiger partial charge in [0.25, 0.3) is 0 Å². The molecule has 1 aliphatic carbocycles. The van der Waals surface area contributed by atoms with Crippen LogP contribution in [0.25, 0.3) is 22.5 Å². The molecule has 7 nitrogen and oxygen atoms in total. The van der Waals surface area contributed by atoms with E-state index in [4.69, 9.17) is 18.7 Å². The fourth-order valence-corrected chi connectivity index (χ4v) is 5.91. The maximum absolute atomic E-state index is 15.3. The normalized spacial score (nSPS) is 17.5. The van der Waals surface area contributed by atoms with Crippen LogP contribution in [0.5, 0.6) is 11.5 Å². The Morgan fingerprint density at radius 3 is 2.62 bits per heavy atom. The van der Waals surface area contributed by atoms with Crippen molar-refractivity contribution in [1.82, 2.24) is 10.1 Å². The number of ether oxygens (including phenoxy) is 3. The van der Waals surface area contributed by atoms with Crippen molar-refractivity contribution in [2.75, 3.05) is 13.7 Å². The number of aryl methyl sites for hydroxylation is 3. The van der Waals surface area contributed by atoms with Crippen LogP contribution in [0.15, 0.2) is 47.0 Å². The summed E-state index contributed by atoms with van der Waals surface area (Å²) in [5, 5.41) is 4.05. The molecule has 1 unspecified atom stereocenters. The molecule has 1 aromatic heterocycles. The number of aromatic nitrogens is 2. The zero-order valence-electron chi connectivity index (χ0n) is 22.3. The summed E-state index contributed by atoms with van der Waals surface area (Å²) in [5.41, 5.74) is 7.64. The fourth-order valence-electron chi connectivity index (χ4n) is 5.91. The number of methoxy groups -OCH3 is 1. The molecule has 200 valence electrons. The van der Waals surface area contributed by atoms with Gasteiger partial charge in [0.15, 0.2) is 0 Å². The number of halogens is 1. The van der Waals surface area contributed by atoms with Crippen molar-refractivity contribution in [3.8, 4) is 34.0 Å². The Morgan fingerprint density at radius 1 is 1.10 bits per heavy atom. The van der Waals surface area contributed by atoms with Gasteiger partial charge in [0.05, 0.1) is 20.1 Å². The van der Waals surface area contributed by atoms with Crippen LogP contribution >= 0.6 is 0 Å². The van der Waals surface area contributed by atoms with Gasteiger partial charge in [-0.15, -0.1) is 0 Å². The van der Waals surface area contributed by atoms with Crippen molar-refractivity contribution in [2.45, 2.75) is 52.1 Å². The SMILES string of the molecule is COC(=O)CC1COc2cc(O[C@@H]3CCc4c(-c5c(C)cc(-c6noc(C)n6)cc5C)ccc(F)c43)ccc21. The Labute approximate surface area is 225 Å². The first-order chi connectivity index (χ1) is 18.8. The van der Waals surface area contributed by atoms with E-state index >= 15 is 4.39 Å². The number of rotatable bonds is 6. The van der Waals surface area contributed by atoms with Crippen molar-refractivity contribution in [2.24, 2.45) is 0 Å². The van der Waals surface area contributed by atoms with E-state index in [2.05, 4.69) is 24.0 Å². The molecule has 0 N–H and O–H groups in total. The number of fused-ring (bicyclic) bond motifs is 2. The van der Waals surface area contributed by atoms with Crippen LogP contribution in [-0.2, 0) is 16.0 Å². The lowest BCUT2D eigenvalue weighted by atomic mass is 9.89. The summed E-state index contributed by atoms with van der Waals surface area (Å²) < 4.78 is 37.4. The first-order valence-electron chi connectivity index (χ1n) is 13.1. The minimum atomic E-state index is -0.410. The molecular formula is C31H29FN2O5. The van der Waals surface area contributed by atoms with Crippen molar-refractivity contribution >= 4 is 5.97 Å². The molecule has 6 rings (SSSR count). The van der Waals surface area contributed by atoms with E-state index in [9.17, 15) is 4.79 Å². The Hall–Kier alpha value is -4.20. The van der Waals surface area contributed by atoms with Crippen LogP contribution in [0.1, 0.15) is 58.6 Å². The lowest BCUT2D eigenvalue weighted by Gasteiger charge is -2.19. The van der Waals surface area contributed by atoms with Crippen LogP contribution in [0.3, 0.4) is 0 Å². The van der Waals surface area contributed by atoms with Gasteiger partial charge < -0.3 is 18.7 Å². The monoisotopic (exact) mass is 528 g/mol. The Morgan fingerprint density at radius 2 is 1.90 bits per heavy atom. The van der Waals surface area contributed by atoms with E-state index in [1.807, 2.05) is 36.4 Å². The molecular weight excluding hydrogens is 499 g/mol. The van der Waals surface area contributed by atoms with Gasteiger partial charge in [0, 0.05) is 35.6 Å². The van der Waals surface area contributed by atoms with Crippen LogP contribution < -0.4 is 9.47 Å². The first kappa shape index (κ1) is 25.1. The van der Waals surface area contributed by atoms with Crippen LogP contribution in [0, 0.1) is 26.6 Å². The number of nitrogens with zero attached hydrogens (tertiary/aromatic N) is 2. The Bertz CT molecular complexity index is 1570. The highest BCUT2D eigenvalue weighted by atomic mass is 19.1. The predicted octanol–water partition coefficient (Wildman–Crippen LogP) is 6.57. The average Bonchev–Trinajstić information content (AvgIpc) is 3.64. The molecule has 0 spiro atoms. The molecule has 39 heavy (non-hydrogen) atoms. The second-order valence-electron chi connectivity index (χ2n) is 10.2. The lowest BCUT2D eigenvalue weighted by Crippen LogP contribution is -2.09. The first-order valence-corrected chi connectivity index (χ1v) is 13.1. The predicted molar refractivity (Wildman–Crippen MR) is 142 cm³/mol. The van der Waals surface area contributed by atoms with Crippen molar-refractivity contribution in [3.63, 3.8) is 0 Å². The highest BCUT2D eigenvalue weighted by Crippen LogP contribution is 2.45. The quantitative estimate of drug-likeness (QED) is 0.262. The van der Waals surface area contributed by atoms with E-state index in [0.29, 0.717) is 48.2 Å². The second kappa shape index (κ2) is 9.84. The highest BCUT2D eigenvalue weighted by molar-refractivity contribution is 5.78. The van der Waals surface area contributed by atoms with Gasteiger partial charge in [-0.3, -0.25) is 4.79 Å². The van der Waals surface area contributed by atoms with Gasteiger partial charge in [0.2, 0.25) is 11.7 Å². The van der Waals surface area contributed by atoms with Gasteiger partial charge in [-0.1, -0.05) is 17.3 Å². The largest absolute Gasteiger partial charge is 0.492 e. The van der Waals surface area contributed by atoms with Crippen LogP contribution in [-0.4, -0.2) is 29.8 Å².